The van der Waals surface area contributed by atoms with Gasteiger partial charge in [-0.2, -0.15) is 0 Å². The van der Waals surface area contributed by atoms with Crippen molar-refractivity contribution in [3.05, 3.63) is 0 Å². The summed E-state index contributed by atoms with van der Waals surface area (Å²) in [6.07, 6.45) is 0. The highest BCUT2D eigenvalue weighted by Gasteiger charge is 1.92. The average molecular weight is 299 g/mol. The summed E-state index contributed by atoms with van der Waals surface area (Å²) in [5.74, 6) is -2.30. The Hall–Kier alpha value is -1.83. The van der Waals surface area contributed by atoms with Crippen molar-refractivity contribution in [3.8, 4) is 0 Å². The quantitative estimate of drug-likeness (QED) is 0.313. The van der Waals surface area contributed by atoms with Gasteiger partial charge < -0.3 is 20.3 Å². The molecule has 0 amide bonds. The third-order valence-electron chi connectivity index (χ3n) is 0.749. The Morgan fingerprint density at radius 2 is 1.42 bits per heavy atom. The van der Waals surface area contributed by atoms with Crippen LogP contribution in [-0.2, 0) is 14.4 Å². The van der Waals surface area contributed by atoms with Crippen molar-refractivity contribution in [1.29, 1.82) is 0 Å². The monoisotopic (exact) mass is 298 g/mol. The van der Waals surface area contributed by atoms with Gasteiger partial charge in [-0.25, -0.2) is 4.79 Å². The third kappa shape index (κ3) is 48.6. The molecule has 0 aliphatic rings. The molecule has 0 atom stereocenters. The number of carboxylic acids is 2. The summed E-state index contributed by atoms with van der Waals surface area (Å²) in [6, 6.07) is 0. The zero-order valence-electron chi connectivity index (χ0n) is 11.3. The molecule has 0 aromatic rings. The minimum absolute atomic E-state index is 0.306. The molecule has 3 N–H and O–H groups in total. The molecule has 0 aliphatic heterocycles. The highest BCUT2D eigenvalue weighted by molar-refractivity contribution is 6.26. The second-order valence-electron chi connectivity index (χ2n) is 3.28. The number of aliphatic carboxylic acids is 2. The van der Waals surface area contributed by atoms with Gasteiger partial charge in [0.25, 0.3) is 0 Å². The molecule has 0 fully saturated rings. The zero-order valence-corrected chi connectivity index (χ0v) is 12.0. The molecule has 0 aliphatic carbocycles. The fraction of sp³-hybridized carbons (Fsp3) is 0.600. The van der Waals surface area contributed by atoms with Crippen molar-refractivity contribution in [1.82, 2.24) is 0 Å². The lowest BCUT2D eigenvalue weighted by molar-refractivity contribution is -0.142. The Balaban J connectivity index is -0.000000219. The largest absolute Gasteiger partial charge is 0.480 e. The fourth-order valence-electron chi connectivity index (χ4n) is 0.217. The minimum Gasteiger partial charge on any atom is -0.480 e. The molecule has 0 saturated heterocycles. The van der Waals surface area contributed by atoms with Crippen LogP contribution in [0.15, 0.2) is 10.3 Å². The van der Waals surface area contributed by atoms with Gasteiger partial charge in [0.2, 0.25) is 6.61 Å². The SMILES string of the molecule is CC(C)=NO.CC(C)=NOCC(=O)O.O=C(O)CCl. The van der Waals surface area contributed by atoms with E-state index in [2.05, 4.69) is 15.1 Å². The van der Waals surface area contributed by atoms with Crippen molar-refractivity contribution in [2.24, 2.45) is 10.3 Å². The number of carbonyl (C=O) groups is 2. The van der Waals surface area contributed by atoms with Crippen LogP contribution in [0.2, 0.25) is 0 Å². The Morgan fingerprint density at radius 3 is 1.58 bits per heavy atom. The van der Waals surface area contributed by atoms with Crippen molar-refractivity contribution in [2.45, 2.75) is 27.7 Å². The Kier molecular flexibility index (Phi) is 19.0. The first-order valence-corrected chi connectivity index (χ1v) is 5.48. The van der Waals surface area contributed by atoms with Gasteiger partial charge in [0.15, 0.2) is 0 Å². The maximum Gasteiger partial charge on any atom is 0.344 e. The van der Waals surface area contributed by atoms with E-state index in [4.69, 9.17) is 27.0 Å². The molecule has 0 bridgehead atoms. The lowest BCUT2D eigenvalue weighted by Crippen LogP contribution is -2.03. The van der Waals surface area contributed by atoms with Crippen LogP contribution in [0.5, 0.6) is 0 Å². The molecule has 8 nitrogen and oxygen atoms in total. The number of hydrogen-bond acceptors (Lipinski definition) is 6. The van der Waals surface area contributed by atoms with E-state index in [0.717, 1.165) is 0 Å². The van der Waals surface area contributed by atoms with Crippen LogP contribution in [0.3, 0.4) is 0 Å². The van der Waals surface area contributed by atoms with E-state index in [1.54, 1.807) is 27.7 Å². The van der Waals surface area contributed by atoms with E-state index >= 15 is 0 Å². The van der Waals surface area contributed by atoms with E-state index in [1.807, 2.05) is 0 Å². The van der Waals surface area contributed by atoms with Gasteiger partial charge in [-0.15, -0.1) is 11.6 Å². The molecule has 0 spiro atoms. The molecule has 19 heavy (non-hydrogen) atoms. The van der Waals surface area contributed by atoms with Crippen LogP contribution in [-0.4, -0.2) is 51.3 Å². The first kappa shape index (κ1) is 22.4. The normalized spacial score (nSPS) is 7.63. The molecule has 0 saturated carbocycles. The Labute approximate surface area is 116 Å². The summed E-state index contributed by atoms with van der Waals surface area (Å²) in [5.41, 5.74) is 1.39. The molecule has 0 radical (unpaired) electrons. The maximum absolute atomic E-state index is 9.79. The first-order chi connectivity index (χ1) is 8.67. The smallest absolute Gasteiger partial charge is 0.344 e. The van der Waals surface area contributed by atoms with Crippen molar-refractivity contribution in [2.75, 3.05) is 12.5 Å². The number of rotatable bonds is 4. The van der Waals surface area contributed by atoms with Gasteiger partial charge in [-0.1, -0.05) is 10.3 Å². The minimum atomic E-state index is -1.01. The summed E-state index contributed by atoms with van der Waals surface area (Å²) in [5, 5.41) is 29.6. The molecule has 0 rings (SSSR count). The Morgan fingerprint density at radius 1 is 1.05 bits per heavy atom. The van der Waals surface area contributed by atoms with Crippen molar-refractivity contribution < 1.29 is 29.8 Å². The number of halogens is 1. The molecule has 112 valence electrons. The van der Waals surface area contributed by atoms with E-state index in [0.29, 0.717) is 11.4 Å². The van der Waals surface area contributed by atoms with Gasteiger partial charge >= 0.3 is 11.9 Å². The molecule has 0 aromatic carbocycles. The van der Waals surface area contributed by atoms with E-state index < -0.39 is 11.9 Å². The summed E-state index contributed by atoms with van der Waals surface area (Å²) in [6.45, 7) is 6.52. The summed E-state index contributed by atoms with van der Waals surface area (Å²) in [7, 11) is 0. The Bertz CT molecular complexity index is 309. The standard InChI is InChI=1S/C5H9NO3.C3H7NO.C2H3ClO2/c1-4(2)6-9-3-5(7)8;1-3(2)4-5;3-1-2(4)5/h3H2,1-2H3,(H,7,8);5H,1-2H3;1H2,(H,4,5). The topological polar surface area (TPSA) is 129 Å². The van der Waals surface area contributed by atoms with Crippen LogP contribution in [0.4, 0.5) is 0 Å². The second kappa shape index (κ2) is 16.2. The summed E-state index contributed by atoms with van der Waals surface area (Å²) in [4.78, 5) is 23.4. The molecule has 0 heterocycles. The molecule has 0 aromatic heterocycles. The van der Waals surface area contributed by atoms with Crippen LogP contribution in [0.1, 0.15) is 27.7 Å². The lowest BCUT2D eigenvalue weighted by Gasteiger charge is -1.92. The second-order valence-corrected chi connectivity index (χ2v) is 3.55. The number of oxime groups is 2. The summed E-state index contributed by atoms with van der Waals surface area (Å²) < 4.78 is 0. The van der Waals surface area contributed by atoms with Gasteiger partial charge in [-0.3, -0.25) is 4.79 Å². The van der Waals surface area contributed by atoms with E-state index in [9.17, 15) is 9.59 Å². The number of alkyl halides is 1. The van der Waals surface area contributed by atoms with Crippen molar-refractivity contribution in [3.63, 3.8) is 0 Å². The van der Waals surface area contributed by atoms with Crippen LogP contribution in [0.25, 0.3) is 0 Å². The van der Waals surface area contributed by atoms with Crippen LogP contribution >= 0.6 is 11.6 Å². The lowest BCUT2D eigenvalue weighted by atomic mass is 10.5. The van der Waals surface area contributed by atoms with Crippen LogP contribution < -0.4 is 0 Å². The van der Waals surface area contributed by atoms with Gasteiger partial charge in [0.05, 0.1) is 11.4 Å². The first-order valence-electron chi connectivity index (χ1n) is 4.95. The third-order valence-corrected chi connectivity index (χ3v) is 0.978. The summed E-state index contributed by atoms with van der Waals surface area (Å²) >= 11 is 4.74. The molecular weight excluding hydrogens is 280 g/mol. The predicted molar refractivity (Wildman–Crippen MR) is 71.3 cm³/mol. The number of hydrogen-bond donors (Lipinski definition) is 3. The zero-order chi connectivity index (χ0) is 15.8. The molecule has 0 unspecified atom stereocenters. The average Bonchev–Trinajstić information content (AvgIpc) is 2.29. The fourth-order valence-corrected chi connectivity index (χ4v) is 0.217. The van der Waals surface area contributed by atoms with Gasteiger partial charge in [-0.05, 0) is 27.7 Å². The van der Waals surface area contributed by atoms with Crippen molar-refractivity contribution >= 4 is 35.0 Å². The highest BCUT2D eigenvalue weighted by Crippen LogP contribution is 1.78. The van der Waals surface area contributed by atoms with Crippen LogP contribution in [0, 0.1) is 0 Å². The molecule has 9 heteroatoms. The van der Waals surface area contributed by atoms with Gasteiger partial charge in [0.1, 0.15) is 5.88 Å². The van der Waals surface area contributed by atoms with E-state index in [-0.39, 0.29) is 12.5 Å². The number of carboxylic acid groups (broad SMARTS) is 2. The molecular formula is C10H19ClN2O6. The van der Waals surface area contributed by atoms with E-state index in [1.165, 1.54) is 0 Å². The number of nitrogens with zero attached hydrogens (tertiary/aromatic N) is 2. The van der Waals surface area contributed by atoms with Gasteiger partial charge in [0, 0.05) is 0 Å². The maximum atomic E-state index is 9.79. The highest BCUT2D eigenvalue weighted by atomic mass is 35.5. The predicted octanol–water partition coefficient (Wildman–Crippen LogP) is 1.65.